The molecule has 0 unspecified atom stereocenters. The molecule has 0 bridgehead atoms. The van der Waals surface area contributed by atoms with Gasteiger partial charge in [-0.1, -0.05) is 6.07 Å². The van der Waals surface area contributed by atoms with Crippen LogP contribution in [-0.4, -0.2) is 7.11 Å². The van der Waals surface area contributed by atoms with Crippen LogP contribution in [0.25, 0.3) is 0 Å². The second kappa shape index (κ2) is 6.95. The van der Waals surface area contributed by atoms with Gasteiger partial charge in [0.1, 0.15) is 23.9 Å². The molecule has 5 heteroatoms. The Hall–Kier alpha value is -1.26. The van der Waals surface area contributed by atoms with E-state index in [0.29, 0.717) is 17.9 Å². The molecule has 20 heavy (non-hydrogen) atoms. The lowest BCUT2D eigenvalue weighted by Gasteiger charge is -2.11. The van der Waals surface area contributed by atoms with Crippen LogP contribution in [0.3, 0.4) is 0 Å². The van der Waals surface area contributed by atoms with Crippen molar-refractivity contribution < 1.29 is 13.9 Å². The molecule has 0 aliphatic rings. The summed E-state index contributed by atoms with van der Waals surface area (Å²) in [6.45, 7) is 0.373. The zero-order chi connectivity index (χ0) is 14.5. The largest absolute Gasteiger partial charge is 0.496 e. The lowest BCUT2D eigenvalue weighted by molar-refractivity contribution is 0.303. The first-order valence-electron chi connectivity index (χ1n) is 5.93. The third-order valence-electron chi connectivity index (χ3n) is 2.78. The standard InChI is InChI=1S/C15H13BrClFO2/c1-19-15-4-2-10(6-13(15)16)9-20-14-5-3-12(18)7-11(14)8-17/h2-7H,8-9H2,1H3. The Labute approximate surface area is 130 Å². The van der Waals surface area contributed by atoms with Crippen molar-refractivity contribution >= 4 is 27.5 Å². The van der Waals surface area contributed by atoms with Crippen LogP contribution >= 0.6 is 27.5 Å². The van der Waals surface area contributed by atoms with Gasteiger partial charge in [0.25, 0.3) is 0 Å². The maximum Gasteiger partial charge on any atom is 0.133 e. The second-order valence-corrected chi connectivity index (χ2v) is 5.26. The van der Waals surface area contributed by atoms with E-state index < -0.39 is 0 Å². The van der Waals surface area contributed by atoms with Gasteiger partial charge in [0, 0.05) is 5.56 Å². The highest BCUT2D eigenvalue weighted by Crippen LogP contribution is 2.27. The van der Waals surface area contributed by atoms with Gasteiger partial charge < -0.3 is 9.47 Å². The lowest BCUT2D eigenvalue weighted by atomic mass is 10.2. The number of alkyl halides is 1. The molecule has 0 heterocycles. The van der Waals surface area contributed by atoms with E-state index in [1.807, 2.05) is 18.2 Å². The van der Waals surface area contributed by atoms with E-state index in [-0.39, 0.29) is 11.7 Å². The van der Waals surface area contributed by atoms with Gasteiger partial charge in [0.15, 0.2) is 0 Å². The summed E-state index contributed by atoms with van der Waals surface area (Å²) in [6.07, 6.45) is 0. The first-order chi connectivity index (χ1) is 9.63. The van der Waals surface area contributed by atoms with Crippen molar-refractivity contribution in [1.29, 1.82) is 0 Å². The Balaban J connectivity index is 2.10. The summed E-state index contributed by atoms with van der Waals surface area (Å²) >= 11 is 9.20. The Morgan fingerprint density at radius 2 is 1.90 bits per heavy atom. The van der Waals surface area contributed by atoms with Crippen molar-refractivity contribution in [3.05, 3.63) is 57.8 Å². The molecule has 0 saturated carbocycles. The number of methoxy groups -OCH3 is 1. The van der Waals surface area contributed by atoms with E-state index in [0.717, 1.165) is 15.8 Å². The van der Waals surface area contributed by atoms with Gasteiger partial charge in [-0.3, -0.25) is 0 Å². The molecule has 0 aliphatic carbocycles. The van der Waals surface area contributed by atoms with Crippen molar-refractivity contribution in [1.82, 2.24) is 0 Å². The number of rotatable bonds is 5. The molecule has 0 atom stereocenters. The number of ether oxygens (including phenoxy) is 2. The second-order valence-electron chi connectivity index (χ2n) is 4.14. The Morgan fingerprint density at radius 1 is 1.15 bits per heavy atom. The summed E-state index contributed by atoms with van der Waals surface area (Å²) in [6, 6.07) is 10.0. The molecule has 0 aromatic heterocycles. The first-order valence-corrected chi connectivity index (χ1v) is 7.26. The van der Waals surface area contributed by atoms with Crippen molar-refractivity contribution in [3.8, 4) is 11.5 Å². The van der Waals surface area contributed by atoms with Crippen LogP contribution in [0.1, 0.15) is 11.1 Å². The van der Waals surface area contributed by atoms with Crippen LogP contribution < -0.4 is 9.47 Å². The summed E-state index contributed by atoms with van der Waals surface area (Å²) < 4.78 is 24.8. The summed E-state index contributed by atoms with van der Waals surface area (Å²) in [5, 5.41) is 0. The molecule has 106 valence electrons. The molecule has 0 fully saturated rings. The van der Waals surface area contributed by atoms with Gasteiger partial charge >= 0.3 is 0 Å². The smallest absolute Gasteiger partial charge is 0.133 e. The van der Waals surface area contributed by atoms with Crippen molar-refractivity contribution in [2.75, 3.05) is 7.11 Å². The zero-order valence-electron chi connectivity index (χ0n) is 10.8. The van der Waals surface area contributed by atoms with E-state index in [4.69, 9.17) is 21.1 Å². The van der Waals surface area contributed by atoms with Crippen LogP contribution in [0.5, 0.6) is 11.5 Å². The highest BCUT2D eigenvalue weighted by molar-refractivity contribution is 9.10. The van der Waals surface area contributed by atoms with Gasteiger partial charge in [-0.15, -0.1) is 11.6 Å². The quantitative estimate of drug-likeness (QED) is 0.706. The Kier molecular flexibility index (Phi) is 5.26. The predicted molar refractivity (Wildman–Crippen MR) is 81.0 cm³/mol. The molecule has 0 saturated heterocycles. The fourth-order valence-electron chi connectivity index (χ4n) is 1.75. The van der Waals surface area contributed by atoms with E-state index in [1.165, 1.54) is 12.1 Å². The average Bonchev–Trinajstić information content (AvgIpc) is 2.46. The van der Waals surface area contributed by atoms with E-state index in [9.17, 15) is 4.39 Å². The molecule has 0 amide bonds. The normalized spacial score (nSPS) is 10.4. The molecule has 0 radical (unpaired) electrons. The Morgan fingerprint density at radius 3 is 2.55 bits per heavy atom. The van der Waals surface area contributed by atoms with E-state index in [2.05, 4.69) is 15.9 Å². The van der Waals surface area contributed by atoms with Crippen LogP contribution in [0.15, 0.2) is 40.9 Å². The van der Waals surface area contributed by atoms with Crippen LogP contribution in [0, 0.1) is 5.82 Å². The fraction of sp³-hybridized carbons (Fsp3) is 0.200. The summed E-state index contributed by atoms with van der Waals surface area (Å²) in [5.41, 5.74) is 1.61. The minimum atomic E-state index is -0.319. The van der Waals surface area contributed by atoms with Crippen LogP contribution in [-0.2, 0) is 12.5 Å². The van der Waals surface area contributed by atoms with Gasteiger partial charge in [0.05, 0.1) is 17.5 Å². The number of benzene rings is 2. The zero-order valence-corrected chi connectivity index (χ0v) is 13.2. The van der Waals surface area contributed by atoms with E-state index >= 15 is 0 Å². The van der Waals surface area contributed by atoms with Crippen molar-refractivity contribution in [2.24, 2.45) is 0 Å². The lowest BCUT2D eigenvalue weighted by Crippen LogP contribution is -1.99. The summed E-state index contributed by atoms with van der Waals surface area (Å²) in [7, 11) is 1.61. The highest BCUT2D eigenvalue weighted by atomic mass is 79.9. The van der Waals surface area contributed by atoms with E-state index in [1.54, 1.807) is 13.2 Å². The minimum absolute atomic E-state index is 0.208. The van der Waals surface area contributed by atoms with Crippen molar-refractivity contribution in [3.63, 3.8) is 0 Å². The molecule has 2 aromatic rings. The molecular weight excluding hydrogens is 347 g/mol. The summed E-state index contributed by atoms with van der Waals surface area (Å²) in [4.78, 5) is 0. The maximum atomic E-state index is 13.1. The molecule has 0 N–H and O–H groups in total. The molecule has 0 aliphatic heterocycles. The minimum Gasteiger partial charge on any atom is -0.496 e. The van der Waals surface area contributed by atoms with Gasteiger partial charge in [0.2, 0.25) is 0 Å². The van der Waals surface area contributed by atoms with Crippen LogP contribution in [0.4, 0.5) is 4.39 Å². The summed E-state index contributed by atoms with van der Waals surface area (Å²) in [5.74, 6) is 1.24. The van der Waals surface area contributed by atoms with Gasteiger partial charge in [-0.25, -0.2) is 4.39 Å². The molecule has 2 nitrogen and oxygen atoms in total. The third kappa shape index (κ3) is 3.64. The highest BCUT2D eigenvalue weighted by Gasteiger charge is 2.06. The SMILES string of the molecule is COc1ccc(COc2ccc(F)cc2CCl)cc1Br. The number of halogens is 3. The molecule has 0 spiro atoms. The fourth-order valence-corrected chi connectivity index (χ4v) is 2.55. The monoisotopic (exact) mass is 358 g/mol. The first kappa shape index (κ1) is 15.1. The molecule has 2 rings (SSSR count). The molecular formula is C15H13BrClFO2. The number of hydrogen-bond acceptors (Lipinski definition) is 2. The maximum absolute atomic E-state index is 13.1. The van der Waals surface area contributed by atoms with Gasteiger partial charge in [-0.2, -0.15) is 0 Å². The predicted octanol–water partition coefficient (Wildman–Crippen LogP) is 4.91. The molecule has 2 aromatic carbocycles. The van der Waals surface area contributed by atoms with Crippen LogP contribution in [0.2, 0.25) is 0 Å². The topological polar surface area (TPSA) is 18.5 Å². The number of hydrogen-bond donors (Lipinski definition) is 0. The Bertz CT molecular complexity index is 604. The average molecular weight is 360 g/mol. The van der Waals surface area contributed by atoms with Gasteiger partial charge in [-0.05, 0) is 51.8 Å². The van der Waals surface area contributed by atoms with Crippen molar-refractivity contribution in [2.45, 2.75) is 12.5 Å². The third-order valence-corrected chi connectivity index (χ3v) is 3.68.